The third kappa shape index (κ3) is 4.16. The lowest BCUT2D eigenvalue weighted by atomic mass is 10.1. The van der Waals surface area contributed by atoms with Crippen LogP contribution in [0.25, 0.3) is 0 Å². The molecule has 0 saturated carbocycles. The molecule has 0 radical (unpaired) electrons. The highest BCUT2D eigenvalue weighted by Gasteiger charge is 2.14. The zero-order valence-electron chi connectivity index (χ0n) is 11.7. The standard InChI is InChI=1S/C15H16N4O2/c1-12(19-11-16-10-18-19)15(21)17-9-14-5-2-4-13(8-14)6-3-7-20/h2,4-5,8,10-12,20H,7,9H2,1H3,(H,17,21). The van der Waals surface area contributed by atoms with E-state index < -0.39 is 6.04 Å². The van der Waals surface area contributed by atoms with Crippen molar-refractivity contribution < 1.29 is 9.90 Å². The Morgan fingerprint density at radius 2 is 2.38 bits per heavy atom. The number of carbonyl (C=O) groups is 1. The number of hydrogen-bond donors (Lipinski definition) is 2. The summed E-state index contributed by atoms with van der Waals surface area (Å²) in [5, 5.41) is 15.5. The normalized spacial score (nSPS) is 11.3. The fourth-order valence-electron chi connectivity index (χ4n) is 1.78. The molecule has 0 aliphatic heterocycles. The molecule has 0 bridgehead atoms. The monoisotopic (exact) mass is 284 g/mol. The van der Waals surface area contributed by atoms with Gasteiger partial charge in [-0.1, -0.05) is 24.0 Å². The van der Waals surface area contributed by atoms with Gasteiger partial charge in [-0.3, -0.25) is 4.79 Å². The summed E-state index contributed by atoms with van der Waals surface area (Å²) in [4.78, 5) is 15.8. The number of nitrogens with zero attached hydrogens (tertiary/aromatic N) is 3. The van der Waals surface area contributed by atoms with Crippen molar-refractivity contribution in [2.24, 2.45) is 0 Å². The van der Waals surface area contributed by atoms with Gasteiger partial charge in [0.15, 0.2) is 0 Å². The van der Waals surface area contributed by atoms with Gasteiger partial charge in [0.1, 0.15) is 25.3 Å². The van der Waals surface area contributed by atoms with E-state index in [1.54, 1.807) is 6.92 Å². The van der Waals surface area contributed by atoms with E-state index in [9.17, 15) is 4.79 Å². The first kappa shape index (κ1) is 14.8. The highest BCUT2D eigenvalue weighted by Crippen LogP contribution is 2.06. The zero-order valence-corrected chi connectivity index (χ0v) is 11.7. The molecule has 1 unspecified atom stereocenters. The minimum atomic E-state index is -0.412. The van der Waals surface area contributed by atoms with Gasteiger partial charge in [0.2, 0.25) is 5.91 Å². The molecule has 2 rings (SSSR count). The highest BCUT2D eigenvalue weighted by atomic mass is 16.2. The molecule has 1 aromatic heterocycles. The molecule has 1 atom stereocenters. The largest absolute Gasteiger partial charge is 0.384 e. The van der Waals surface area contributed by atoms with E-state index in [1.807, 2.05) is 24.3 Å². The third-order valence-corrected chi connectivity index (χ3v) is 2.92. The number of amides is 1. The Balaban J connectivity index is 1.95. The molecule has 0 aliphatic rings. The predicted molar refractivity (Wildman–Crippen MR) is 77.0 cm³/mol. The summed E-state index contributed by atoms with van der Waals surface area (Å²) >= 11 is 0. The van der Waals surface area contributed by atoms with Crippen molar-refractivity contribution in [1.29, 1.82) is 0 Å². The third-order valence-electron chi connectivity index (χ3n) is 2.92. The van der Waals surface area contributed by atoms with E-state index in [2.05, 4.69) is 27.2 Å². The Morgan fingerprint density at radius 3 is 3.10 bits per heavy atom. The Kier molecular flexibility index (Phi) is 5.07. The van der Waals surface area contributed by atoms with Gasteiger partial charge >= 0.3 is 0 Å². The van der Waals surface area contributed by atoms with Crippen molar-refractivity contribution in [2.75, 3.05) is 6.61 Å². The van der Waals surface area contributed by atoms with Crippen LogP contribution in [0, 0.1) is 11.8 Å². The number of carbonyl (C=O) groups excluding carboxylic acids is 1. The second-order valence-corrected chi connectivity index (χ2v) is 4.43. The fraction of sp³-hybridized carbons (Fsp3) is 0.267. The molecule has 0 aliphatic carbocycles. The summed E-state index contributed by atoms with van der Waals surface area (Å²) in [6.07, 6.45) is 2.91. The molecular weight excluding hydrogens is 268 g/mol. The molecular formula is C15H16N4O2. The van der Waals surface area contributed by atoms with E-state index in [1.165, 1.54) is 17.3 Å². The molecule has 0 spiro atoms. The smallest absolute Gasteiger partial charge is 0.244 e. The van der Waals surface area contributed by atoms with Crippen molar-refractivity contribution in [3.05, 3.63) is 48.0 Å². The Morgan fingerprint density at radius 1 is 1.52 bits per heavy atom. The van der Waals surface area contributed by atoms with Gasteiger partial charge in [-0.05, 0) is 24.6 Å². The van der Waals surface area contributed by atoms with Crippen molar-refractivity contribution in [3.63, 3.8) is 0 Å². The molecule has 1 heterocycles. The average molecular weight is 284 g/mol. The minimum Gasteiger partial charge on any atom is -0.384 e. The summed E-state index contributed by atoms with van der Waals surface area (Å²) in [6, 6.07) is 7.09. The van der Waals surface area contributed by atoms with E-state index >= 15 is 0 Å². The second kappa shape index (κ2) is 7.22. The van der Waals surface area contributed by atoms with E-state index in [0.29, 0.717) is 6.54 Å². The van der Waals surface area contributed by atoms with Crippen LogP contribution < -0.4 is 5.32 Å². The van der Waals surface area contributed by atoms with Gasteiger partial charge in [-0.15, -0.1) is 0 Å². The Hall–Kier alpha value is -2.65. The fourth-order valence-corrected chi connectivity index (χ4v) is 1.78. The van der Waals surface area contributed by atoms with Crippen LogP contribution in [0.1, 0.15) is 24.1 Å². The van der Waals surface area contributed by atoms with Crippen LogP contribution in [0.2, 0.25) is 0 Å². The SMILES string of the molecule is CC(C(=O)NCc1cccc(C#CCO)c1)n1cncn1. The molecule has 6 heteroatoms. The number of benzene rings is 1. The van der Waals surface area contributed by atoms with Crippen LogP contribution >= 0.6 is 0 Å². The number of aromatic nitrogens is 3. The molecule has 6 nitrogen and oxygen atoms in total. The molecule has 21 heavy (non-hydrogen) atoms. The van der Waals surface area contributed by atoms with Gasteiger partial charge in [-0.2, -0.15) is 5.10 Å². The molecule has 0 fully saturated rings. The number of hydrogen-bond acceptors (Lipinski definition) is 4. The van der Waals surface area contributed by atoms with Crippen LogP contribution in [0.4, 0.5) is 0 Å². The molecule has 2 N–H and O–H groups in total. The maximum Gasteiger partial charge on any atom is 0.244 e. The van der Waals surface area contributed by atoms with E-state index in [0.717, 1.165) is 11.1 Å². The van der Waals surface area contributed by atoms with Gasteiger partial charge in [0.05, 0.1) is 0 Å². The number of aliphatic hydroxyl groups excluding tert-OH is 1. The van der Waals surface area contributed by atoms with E-state index in [-0.39, 0.29) is 12.5 Å². The molecule has 2 aromatic rings. The Bertz CT molecular complexity index is 656. The van der Waals surface area contributed by atoms with Crippen LogP contribution in [0.5, 0.6) is 0 Å². The first-order valence-electron chi connectivity index (χ1n) is 6.51. The first-order valence-corrected chi connectivity index (χ1v) is 6.51. The topological polar surface area (TPSA) is 80.0 Å². The predicted octanol–water partition coefficient (Wildman–Crippen LogP) is 0.499. The molecule has 1 aromatic carbocycles. The first-order chi connectivity index (χ1) is 10.2. The lowest BCUT2D eigenvalue weighted by Crippen LogP contribution is -2.30. The summed E-state index contributed by atoms with van der Waals surface area (Å²) in [7, 11) is 0. The highest BCUT2D eigenvalue weighted by molar-refractivity contribution is 5.79. The maximum absolute atomic E-state index is 12.0. The maximum atomic E-state index is 12.0. The van der Waals surface area contributed by atoms with Gasteiger partial charge in [-0.25, -0.2) is 9.67 Å². The van der Waals surface area contributed by atoms with Gasteiger partial charge in [0, 0.05) is 12.1 Å². The van der Waals surface area contributed by atoms with Crippen molar-refractivity contribution in [3.8, 4) is 11.8 Å². The van der Waals surface area contributed by atoms with Crippen molar-refractivity contribution in [1.82, 2.24) is 20.1 Å². The molecule has 108 valence electrons. The van der Waals surface area contributed by atoms with Gasteiger partial charge in [0.25, 0.3) is 0 Å². The second-order valence-electron chi connectivity index (χ2n) is 4.43. The van der Waals surface area contributed by atoms with Crippen LogP contribution in [0.15, 0.2) is 36.9 Å². The summed E-state index contributed by atoms with van der Waals surface area (Å²) in [5.74, 6) is 5.29. The number of rotatable bonds is 4. The lowest BCUT2D eigenvalue weighted by Gasteiger charge is -2.12. The lowest BCUT2D eigenvalue weighted by molar-refractivity contribution is -0.124. The van der Waals surface area contributed by atoms with E-state index in [4.69, 9.17) is 5.11 Å². The van der Waals surface area contributed by atoms with Gasteiger partial charge < -0.3 is 10.4 Å². The van der Waals surface area contributed by atoms with Crippen molar-refractivity contribution in [2.45, 2.75) is 19.5 Å². The van der Waals surface area contributed by atoms with Crippen LogP contribution in [-0.2, 0) is 11.3 Å². The van der Waals surface area contributed by atoms with Crippen LogP contribution in [-0.4, -0.2) is 32.4 Å². The average Bonchev–Trinajstić information content (AvgIpc) is 3.04. The Labute approximate surface area is 122 Å². The molecule has 0 saturated heterocycles. The summed E-state index contributed by atoms with van der Waals surface area (Å²) < 4.78 is 1.50. The number of nitrogens with one attached hydrogen (secondary N) is 1. The van der Waals surface area contributed by atoms with Crippen LogP contribution in [0.3, 0.4) is 0 Å². The van der Waals surface area contributed by atoms with Crippen molar-refractivity contribution >= 4 is 5.91 Å². The minimum absolute atomic E-state index is 0.132. The summed E-state index contributed by atoms with van der Waals surface area (Å²) in [6.45, 7) is 2.00. The quantitative estimate of drug-likeness (QED) is 0.801. The molecule has 1 amide bonds. The summed E-state index contributed by atoms with van der Waals surface area (Å²) in [5.41, 5.74) is 1.75. The number of aliphatic hydroxyl groups is 1. The zero-order chi connectivity index (χ0) is 15.1.